The van der Waals surface area contributed by atoms with Gasteiger partial charge in [-0.3, -0.25) is 0 Å². The van der Waals surface area contributed by atoms with E-state index < -0.39 is 20.3 Å². The SMILES string of the molecule is C=C(C(=O)O)C(Nc1cc(OC)c(OC)c(OC)c1)c1ccc(OC)c(O[Si](C)(C)C(C)(C)C)c1. The summed E-state index contributed by atoms with van der Waals surface area (Å²) in [5.41, 5.74) is 1.18. The summed E-state index contributed by atoms with van der Waals surface area (Å²) >= 11 is 0. The summed E-state index contributed by atoms with van der Waals surface area (Å²) in [6, 6.07) is 8.02. The summed E-state index contributed by atoms with van der Waals surface area (Å²) in [5, 5.41) is 13.0. The minimum Gasteiger partial charge on any atom is -0.541 e. The van der Waals surface area contributed by atoms with E-state index in [1.165, 1.54) is 21.3 Å². The van der Waals surface area contributed by atoms with Crippen molar-refractivity contribution in [1.29, 1.82) is 0 Å². The zero-order valence-corrected chi connectivity index (χ0v) is 23.1. The molecule has 2 aromatic carbocycles. The molecular formula is C26H37NO7Si. The van der Waals surface area contributed by atoms with E-state index in [2.05, 4.69) is 45.8 Å². The fourth-order valence-electron chi connectivity index (χ4n) is 3.21. The van der Waals surface area contributed by atoms with Crippen LogP contribution >= 0.6 is 0 Å². The Morgan fingerprint density at radius 1 is 0.914 bits per heavy atom. The number of rotatable bonds is 11. The highest BCUT2D eigenvalue weighted by Crippen LogP contribution is 2.43. The van der Waals surface area contributed by atoms with Gasteiger partial charge in [-0.2, -0.15) is 0 Å². The molecule has 0 saturated carbocycles. The first kappa shape index (κ1) is 27.9. The van der Waals surface area contributed by atoms with Crippen molar-refractivity contribution < 1.29 is 33.3 Å². The number of carbonyl (C=O) groups is 1. The van der Waals surface area contributed by atoms with Gasteiger partial charge in [-0.05, 0) is 35.8 Å². The van der Waals surface area contributed by atoms with Gasteiger partial charge in [0.05, 0.1) is 40.1 Å². The number of nitrogens with one attached hydrogen (secondary N) is 1. The fourth-order valence-corrected chi connectivity index (χ4v) is 4.22. The van der Waals surface area contributed by atoms with Crippen LogP contribution in [-0.4, -0.2) is 47.8 Å². The smallest absolute Gasteiger partial charge is 0.333 e. The van der Waals surface area contributed by atoms with Gasteiger partial charge in [-0.1, -0.05) is 33.4 Å². The Balaban J connectivity index is 2.59. The van der Waals surface area contributed by atoms with Crippen molar-refractivity contribution in [3.8, 4) is 28.7 Å². The van der Waals surface area contributed by atoms with Crippen LogP contribution in [0.15, 0.2) is 42.5 Å². The fraction of sp³-hybridized carbons (Fsp3) is 0.423. The summed E-state index contributed by atoms with van der Waals surface area (Å²) in [6.45, 7) is 14.5. The van der Waals surface area contributed by atoms with E-state index in [-0.39, 0.29) is 10.6 Å². The first-order valence-electron chi connectivity index (χ1n) is 11.1. The molecule has 0 amide bonds. The second-order valence-corrected chi connectivity index (χ2v) is 14.3. The average molecular weight is 504 g/mol. The predicted octanol–water partition coefficient (Wildman–Crippen LogP) is 5.90. The molecule has 0 aliphatic carbocycles. The zero-order valence-electron chi connectivity index (χ0n) is 22.1. The van der Waals surface area contributed by atoms with Crippen molar-refractivity contribution in [2.24, 2.45) is 0 Å². The average Bonchev–Trinajstić information content (AvgIpc) is 2.80. The maximum atomic E-state index is 12.0. The Hall–Kier alpha value is -3.33. The van der Waals surface area contributed by atoms with E-state index in [1.807, 2.05) is 6.07 Å². The summed E-state index contributed by atoms with van der Waals surface area (Å²) in [4.78, 5) is 12.0. The third-order valence-electron chi connectivity index (χ3n) is 6.29. The van der Waals surface area contributed by atoms with Gasteiger partial charge in [-0.25, -0.2) is 4.79 Å². The standard InChI is InChI=1S/C26H37NO7Si/c1-16(25(28)29)23(27-18-14-21(31-6)24(33-8)22(15-18)32-7)17-11-12-19(30-5)20(13-17)34-35(9,10)26(2,3)4/h11-15,23,27H,1H2,2-10H3,(H,28,29). The van der Waals surface area contributed by atoms with Gasteiger partial charge < -0.3 is 33.8 Å². The van der Waals surface area contributed by atoms with Crippen LogP contribution in [0.25, 0.3) is 0 Å². The van der Waals surface area contributed by atoms with Crippen LogP contribution in [0, 0.1) is 0 Å². The maximum Gasteiger partial charge on any atom is 0.333 e. The van der Waals surface area contributed by atoms with Crippen LogP contribution in [0.1, 0.15) is 32.4 Å². The van der Waals surface area contributed by atoms with E-state index >= 15 is 0 Å². The van der Waals surface area contributed by atoms with Gasteiger partial charge in [0.25, 0.3) is 8.32 Å². The molecule has 2 rings (SSSR count). The Morgan fingerprint density at radius 3 is 1.89 bits per heavy atom. The van der Waals surface area contributed by atoms with Gasteiger partial charge in [0.15, 0.2) is 17.2 Å². The summed E-state index contributed by atoms with van der Waals surface area (Å²) in [7, 11) is 3.93. The van der Waals surface area contributed by atoms with Gasteiger partial charge in [0, 0.05) is 17.8 Å². The number of ether oxygens (including phenoxy) is 4. The lowest BCUT2D eigenvalue weighted by atomic mass is 9.98. The molecular weight excluding hydrogens is 466 g/mol. The molecule has 2 N–H and O–H groups in total. The van der Waals surface area contributed by atoms with Gasteiger partial charge in [0.2, 0.25) is 5.75 Å². The summed E-state index contributed by atoms with van der Waals surface area (Å²) in [6.07, 6.45) is 0. The van der Waals surface area contributed by atoms with Crippen molar-refractivity contribution in [2.75, 3.05) is 33.8 Å². The molecule has 0 bridgehead atoms. The number of hydrogen-bond donors (Lipinski definition) is 2. The quantitative estimate of drug-likeness (QED) is 0.289. The van der Waals surface area contributed by atoms with E-state index in [9.17, 15) is 9.90 Å². The van der Waals surface area contributed by atoms with Crippen molar-refractivity contribution in [3.63, 3.8) is 0 Å². The third kappa shape index (κ3) is 6.22. The first-order valence-corrected chi connectivity index (χ1v) is 14.1. The number of benzene rings is 2. The molecule has 2 aromatic rings. The minimum absolute atomic E-state index is 0.0352. The second kappa shape index (κ2) is 10.9. The van der Waals surface area contributed by atoms with Crippen LogP contribution in [0.4, 0.5) is 5.69 Å². The molecule has 1 unspecified atom stereocenters. The lowest BCUT2D eigenvalue weighted by Gasteiger charge is -2.37. The van der Waals surface area contributed by atoms with E-state index in [0.717, 1.165) is 0 Å². The zero-order chi connectivity index (χ0) is 26.6. The number of carboxylic acids is 1. The molecule has 0 radical (unpaired) electrons. The van der Waals surface area contributed by atoms with Crippen molar-refractivity contribution in [3.05, 3.63) is 48.0 Å². The summed E-state index contributed by atoms with van der Waals surface area (Å²) < 4.78 is 28.3. The highest BCUT2D eigenvalue weighted by Gasteiger charge is 2.39. The minimum atomic E-state index is -2.20. The molecule has 8 nitrogen and oxygen atoms in total. The lowest BCUT2D eigenvalue weighted by molar-refractivity contribution is -0.132. The van der Waals surface area contributed by atoms with E-state index in [1.54, 1.807) is 31.4 Å². The van der Waals surface area contributed by atoms with Crippen LogP contribution in [0.2, 0.25) is 18.1 Å². The molecule has 0 aliphatic rings. The van der Waals surface area contributed by atoms with Crippen molar-refractivity contribution in [1.82, 2.24) is 0 Å². The molecule has 0 heterocycles. The lowest BCUT2D eigenvalue weighted by Crippen LogP contribution is -2.44. The largest absolute Gasteiger partial charge is 0.541 e. The summed E-state index contributed by atoms with van der Waals surface area (Å²) in [5.74, 6) is 1.32. The number of methoxy groups -OCH3 is 4. The molecule has 9 heteroatoms. The van der Waals surface area contributed by atoms with Gasteiger partial charge >= 0.3 is 5.97 Å². The highest BCUT2D eigenvalue weighted by molar-refractivity contribution is 6.74. The number of anilines is 1. The molecule has 0 spiro atoms. The van der Waals surface area contributed by atoms with Gasteiger partial charge in [-0.15, -0.1) is 0 Å². The third-order valence-corrected chi connectivity index (χ3v) is 10.6. The number of aliphatic carboxylic acids is 1. The predicted molar refractivity (Wildman–Crippen MR) is 140 cm³/mol. The maximum absolute atomic E-state index is 12.0. The normalized spacial score (nSPS) is 12.4. The topological polar surface area (TPSA) is 95.5 Å². The van der Waals surface area contributed by atoms with Crippen molar-refractivity contribution >= 4 is 20.0 Å². The molecule has 0 aromatic heterocycles. The Kier molecular flexibility index (Phi) is 8.72. The van der Waals surface area contributed by atoms with Crippen LogP contribution in [0.3, 0.4) is 0 Å². The van der Waals surface area contributed by atoms with Crippen LogP contribution in [-0.2, 0) is 4.79 Å². The second-order valence-electron chi connectivity index (χ2n) is 9.59. The van der Waals surface area contributed by atoms with Gasteiger partial charge in [0.1, 0.15) is 5.75 Å². The molecule has 192 valence electrons. The Labute approximate surface area is 208 Å². The van der Waals surface area contributed by atoms with E-state index in [4.69, 9.17) is 23.4 Å². The monoisotopic (exact) mass is 503 g/mol. The van der Waals surface area contributed by atoms with Crippen LogP contribution < -0.4 is 28.7 Å². The molecule has 0 aliphatic heterocycles. The van der Waals surface area contributed by atoms with E-state index in [0.29, 0.717) is 40.0 Å². The number of carboxylic acid groups (broad SMARTS) is 1. The first-order chi connectivity index (χ1) is 16.3. The Bertz CT molecular complexity index is 1050. The number of hydrogen-bond acceptors (Lipinski definition) is 7. The molecule has 1 atom stereocenters. The highest BCUT2D eigenvalue weighted by atomic mass is 28.4. The molecule has 0 fully saturated rings. The van der Waals surface area contributed by atoms with Crippen LogP contribution in [0.5, 0.6) is 28.7 Å². The van der Waals surface area contributed by atoms with Crippen molar-refractivity contribution in [2.45, 2.75) is 44.9 Å². The Morgan fingerprint density at radius 2 is 1.46 bits per heavy atom. The molecule has 0 saturated heterocycles. The molecule has 35 heavy (non-hydrogen) atoms.